The maximum absolute atomic E-state index is 12.3. The Labute approximate surface area is 166 Å². The van der Waals surface area contributed by atoms with Crippen LogP contribution in [0.4, 0.5) is 4.79 Å². The molecule has 2 aromatic rings. The van der Waals surface area contributed by atoms with Crippen LogP contribution in [0.2, 0.25) is 0 Å². The van der Waals surface area contributed by atoms with Crippen molar-refractivity contribution in [2.45, 2.75) is 19.5 Å². The van der Waals surface area contributed by atoms with Crippen molar-refractivity contribution in [3.05, 3.63) is 71.8 Å². The second kappa shape index (κ2) is 10.5. The van der Waals surface area contributed by atoms with Gasteiger partial charge in [-0.05, 0) is 11.1 Å². The van der Waals surface area contributed by atoms with Crippen molar-refractivity contribution in [1.82, 2.24) is 15.1 Å². The Balaban J connectivity index is 1.37. The third kappa shape index (κ3) is 6.39. The number of benzene rings is 2. The largest absolute Gasteiger partial charge is 0.448 e. The van der Waals surface area contributed by atoms with Gasteiger partial charge in [0.2, 0.25) is 5.91 Å². The van der Waals surface area contributed by atoms with Crippen molar-refractivity contribution < 1.29 is 14.3 Å². The standard InChI is InChI=1S/C22H27N3O3/c26-21-11-12-24(18-20-9-5-2-6-10-20)13-14-25(21)15-16-28-22(27)23-17-19-7-3-1-4-8-19/h1-10H,11-18H2,(H,23,27). The second-order valence-electron chi connectivity index (χ2n) is 6.87. The van der Waals surface area contributed by atoms with E-state index in [1.165, 1.54) is 5.56 Å². The van der Waals surface area contributed by atoms with Gasteiger partial charge in [0.25, 0.3) is 0 Å². The molecule has 0 aliphatic carbocycles. The number of nitrogens with one attached hydrogen (secondary N) is 1. The molecule has 6 nitrogen and oxygen atoms in total. The van der Waals surface area contributed by atoms with Gasteiger partial charge < -0.3 is 15.0 Å². The molecular weight excluding hydrogens is 354 g/mol. The average molecular weight is 381 g/mol. The number of amides is 2. The van der Waals surface area contributed by atoms with Crippen molar-refractivity contribution in [1.29, 1.82) is 0 Å². The molecule has 0 spiro atoms. The highest BCUT2D eigenvalue weighted by Crippen LogP contribution is 2.09. The van der Waals surface area contributed by atoms with Crippen LogP contribution in [0.15, 0.2) is 60.7 Å². The fourth-order valence-electron chi connectivity index (χ4n) is 3.22. The average Bonchev–Trinajstić information content (AvgIpc) is 2.90. The third-order valence-electron chi connectivity index (χ3n) is 4.80. The van der Waals surface area contributed by atoms with E-state index in [0.717, 1.165) is 25.2 Å². The Kier molecular flexibility index (Phi) is 7.44. The SMILES string of the molecule is O=C(NCc1ccccc1)OCCN1CCN(Cc2ccccc2)CCC1=O. The summed E-state index contributed by atoms with van der Waals surface area (Å²) in [5.74, 6) is 0.115. The Morgan fingerprint density at radius 2 is 1.61 bits per heavy atom. The number of carbonyl (C=O) groups excluding carboxylic acids is 2. The van der Waals surface area contributed by atoms with Crippen LogP contribution in [0.25, 0.3) is 0 Å². The second-order valence-corrected chi connectivity index (χ2v) is 6.87. The molecule has 28 heavy (non-hydrogen) atoms. The third-order valence-corrected chi connectivity index (χ3v) is 4.80. The number of carbonyl (C=O) groups is 2. The van der Waals surface area contributed by atoms with Crippen LogP contribution in [0.3, 0.4) is 0 Å². The minimum Gasteiger partial charge on any atom is -0.448 e. The monoisotopic (exact) mass is 381 g/mol. The molecule has 1 fully saturated rings. The predicted molar refractivity (Wildman–Crippen MR) is 108 cm³/mol. The number of hydrogen-bond acceptors (Lipinski definition) is 4. The first-order valence-electron chi connectivity index (χ1n) is 9.69. The van der Waals surface area contributed by atoms with Crippen LogP contribution < -0.4 is 5.32 Å². The van der Waals surface area contributed by atoms with Crippen molar-refractivity contribution in [3.63, 3.8) is 0 Å². The van der Waals surface area contributed by atoms with Gasteiger partial charge in [0.15, 0.2) is 0 Å². The first-order chi connectivity index (χ1) is 13.7. The molecule has 2 amide bonds. The minimum atomic E-state index is -0.461. The summed E-state index contributed by atoms with van der Waals surface area (Å²) in [5, 5.41) is 2.72. The molecule has 6 heteroatoms. The molecule has 0 radical (unpaired) electrons. The van der Waals surface area contributed by atoms with Gasteiger partial charge >= 0.3 is 6.09 Å². The van der Waals surface area contributed by atoms with Crippen molar-refractivity contribution in [2.24, 2.45) is 0 Å². The maximum atomic E-state index is 12.3. The van der Waals surface area contributed by atoms with E-state index in [1.54, 1.807) is 4.90 Å². The summed E-state index contributed by atoms with van der Waals surface area (Å²) >= 11 is 0. The molecule has 1 aliphatic heterocycles. The Hall–Kier alpha value is -2.86. The van der Waals surface area contributed by atoms with Gasteiger partial charge in [-0.2, -0.15) is 0 Å². The molecule has 0 saturated carbocycles. The highest BCUT2D eigenvalue weighted by molar-refractivity contribution is 5.76. The molecule has 1 aliphatic rings. The van der Waals surface area contributed by atoms with E-state index in [4.69, 9.17) is 4.74 Å². The molecule has 1 saturated heterocycles. The Morgan fingerprint density at radius 3 is 2.32 bits per heavy atom. The van der Waals surface area contributed by atoms with Gasteiger partial charge in [-0.1, -0.05) is 60.7 Å². The van der Waals surface area contributed by atoms with Gasteiger partial charge in [0.05, 0.1) is 6.54 Å². The highest BCUT2D eigenvalue weighted by atomic mass is 16.5. The zero-order valence-electron chi connectivity index (χ0n) is 16.0. The van der Waals surface area contributed by atoms with Gasteiger partial charge in [-0.15, -0.1) is 0 Å². The zero-order valence-corrected chi connectivity index (χ0v) is 16.0. The number of rotatable bonds is 7. The molecule has 0 atom stereocenters. The van der Waals surface area contributed by atoms with Crippen molar-refractivity contribution >= 4 is 12.0 Å². The summed E-state index contributed by atoms with van der Waals surface area (Å²) in [5.41, 5.74) is 2.27. The number of ether oxygens (including phenoxy) is 1. The lowest BCUT2D eigenvalue weighted by molar-refractivity contribution is -0.130. The molecule has 0 aromatic heterocycles. The van der Waals surface area contributed by atoms with Gasteiger partial charge in [0.1, 0.15) is 6.61 Å². The smallest absolute Gasteiger partial charge is 0.407 e. The molecule has 0 unspecified atom stereocenters. The summed E-state index contributed by atoms with van der Waals surface area (Å²) in [6, 6.07) is 19.9. The summed E-state index contributed by atoms with van der Waals surface area (Å²) in [6.07, 6.45) is 0.0318. The van der Waals surface area contributed by atoms with E-state index in [9.17, 15) is 9.59 Å². The van der Waals surface area contributed by atoms with Crippen molar-refractivity contribution in [3.8, 4) is 0 Å². The highest BCUT2D eigenvalue weighted by Gasteiger charge is 2.21. The molecule has 2 aromatic carbocycles. The molecule has 1 heterocycles. The summed E-state index contributed by atoms with van der Waals surface area (Å²) in [6.45, 7) is 4.13. The van der Waals surface area contributed by atoms with Crippen LogP contribution in [0.1, 0.15) is 17.5 Å². The number of alkyl carbamates (subject to hydrolysis) is 1. The summed E-state index contributed by atoms with van der Waals surface area (Å²) in [7, 11) is 0. The Morgan fingerprint density at radius 1 is 0.929 bits per heavy atom. The first-order valence-corrected chi connectivity index (χ1v) is 9.69. The van der Waals surface area contributed by atoms with E-state index in [1.807, 2.05) is 48.5 Å². The minimum absolute atomic E-state index is 0.115. The van der Waals surface area contributed by atoms with E-state index in [2.05, 4.69) is 22.3 Å². The molecule has 148 valence electrons. The Bertz CT molecular complexity index is 752. The van der Waals surface area contributed by atoms with Gasteiger partial charge in [-0.3, -0.25) is 9.69 Å². The maximum Gasteiger partial charge on any atom is 0.407 e. The van der Waals surface area contributed by atoms with E-state index >= 15 is 0 Å². The number of hydrogen-bond donors (Lipinski definition) is 1. The lowest BCUT2D eigenvalue weighted by atomic mass is 10.2. The topological polar surface area (TPSA) is 61.9 Å². The van der Waals surface area contributed by atoms with Gasteiger partial charge in [0, 0.05) is 39.1 Å². The lowest BCUT2D eigenvalue weighted by Crippen LogP contribution is -2.37. The predicted octanol–water partition coefficient (Wildman–Crippen LogP) is 2.65. The zero-order chi connectivity index (χ0) is 19.6. The van der Waals surface area contributed by atoms with Crippen LogP contribution in [0.5, 0.6) is 0 Å². The first kappa shape index (κ1) is 19.9. The normalized spacial score (nSPS) is 15.1. The quantitative estimate of drug-likeness (QED) is 0.801. The van der Waals surface area contributed by atoms with Crippen LogP contribution in [-0.2, 0) is 22.6 Å². The lowest BCUT2D eigenvalue weighted by Gasteiger charge is -2.22. The van der Waals surface area contributed by atoms with E-state index in [-0.39, 0.29) is 12.5 Å². The number of nitrogens with zero attached hydrogens (tertiary/aromatic N) is 2. The molecule has 0 bridgehead atoms. The van der Waals surface area contributed by atoms with E-state index < -0.39 is 6.09 Å². The summed E-state index contributed by atoms with van der Waals surface area (Å²) < 4.78 is 5.22. The van der Waals surface area contributed by atoms with E-state index in [0.29, 0.717) is 26.1 Å². The fourth-order valence-corrected chi connectivity index (χ4v) is 3.22. The van der Waals surface area contributed by atoms with Crippen LogP contribution in [-0.4, -0.2) is 54.6 Å². The molecule has 1 N–H and O–H groups in total. The van der Waals surface area contributed by atoms with Crippen molar-refractivity contribution in [2.75, 3.05) is 32.8 Å². The summed E-state index contributed by atoms with van der Waals surface area (Å²) in [4.78, 5) is 28.2. The fraction of sp³-hybridized carbons (Fsp3) is 0.364. The van der Waals surface area contributed by atoms with Gasteiger partial charge in [-0.25, -0.2) is 4.79 Å². The molecular formula is C22H27N3O3. The molecule has 3 rings (SSSR count). The van der Waals surface area contributed by atoms with Crippen LogP contribution >= 0.6 is 0 Å². The van der Waals surface area contributed by atoms with Crippen LogP contribution in [0, 0.1) is 0 Å².